The molecular weight excluding hydrogens is 278 g/mol. The van der Waals surface area contributed by atoms with Gasteiger partial charge in [-0.25, -0.2) is 0 Å². The number of carbonyl (C=O) groups excluding carboxylic acids is 1. The van der Waals surface area contributed by atoms with Gasteiger partial charge in [-0.3, -0.25) is 4.79 Å². The van der Waals surface area contributed by atoms with Crippen molar-refractivity contribution < 1.29 is 4.79 Å². The molecule has 0 spiro atoms. The van der Waals surface area contributed by atoms with Crippen LogP contribution in [0.2, 0.25) is 0 Å². The van der Waals surface area contributed by atoms with Gasteiger partial charge in [0.05, 0.1) is 0 Å². The topological polar surface area (TPSA) is 29.1 Å². The molecule has 1 aliphatic rings. The van der Waals surface area contributed by atoms with E-state index in [1.807, 2.05) is 24.3 Å². The second kappa shape index (κ2) is 6.20. The number of amides is 1. The fraction of sp³-hybridized carbons (Fsp3) is 0.500. The molecule has 1 aliphatic carbocycles. The van der Waals surface area contributed by atoms with E-state index in [0.717, 1.165) is 10.0 Å². The van der Waals surface area contributed by atoms with E-state index in [-0.39, 0.29) is 5.91 Å². The van der Waals surface area contributed by atoms with Crippen molar-refractivity contribution in [3.8, 4) is 0 Å². The minimum atomic E-state index is 0.188. The molecule has 0 unspecified atom stereocenters. The largest absolute Gasteiger partial charge is 0.352 e. The summed E-state index contributed by atoms with van der Waals surface area (Å²) in [6.45, 7) is 0.618. The summed E-state index contributed by atoms with van der Waals surface area (Å²) in [7, 11) is 0. The van der Waals surface area contributed by atoms with E-state index >= 15 is 0 Å². The lowest BCUT2D eigenvalue weighted by atomic mass is 10.0. The van der Waals surface area contributed by atoms with E-state index < -0.39 is 0 Å². The summed E-state index contributed by atoms with van der Waals surface area (Å²) >= 11 is 3.48. The van der Waals surface area contributed by atoms with E-state index in [4.69, 9.17) is 0 Å². The van der Waals surface area contributed by atoms with Crippen LogP contribution >= 0.6 is 15.9 Å². The average molecular weight is 296 g/mol. The number of rotatable bonds is 4. The van der Waals surface area contributed by atoms with E-state index in [2.05, 4.69) is 21.2 Å². The van der Waals surface area contributed by atoms with Gasteiger partial charge in [0.1, 0.15) is 0 Å². The van der Waals surface area contributed by atoms with Crippen LogP contribution in [0.1, 0.15) is 37.7 Å². The van der Waals surface area contributed by atoms with Crippen LogP contribution in [-0.4, -0.2) is 5.91 Å². The van der Waals surface area contributed by atoms with Crippen LogP contribution in [0.5, 0.6) is 0 Å². The highest BCUT2D eigenvalue weighted by molar-refractivity contribution is 9.10. The summed E-state index contributed by atoms with van der Waals surface area (Å²) in [6.07, 6.45) is 5.74. The molecule has 0 radical (unpaired) electrons. The Hall–Kier alpha value is -0.830. The zero-order valence-electron chi connectivity index (χ0n) is 9.92. The first-order valence-corrected chi connectivity index (χ1v) is 7.05. The van der Waals surface area contributed by atoms with Crippen molar-refractivity contribution in [1.82, 2.24) is 5.32 Å². The van der Waals surface area contributed by atoms with Gasteiger partial charge in [-0.15, -0.1) is 0 Å². The van der Waals surface area contributed by atoms with Crippen molar-refractivity contribution in [3.63, 3.8) is 0 Å². The Morgan fingerprint density at radius 1 is 1.29 bits per heavy atom. The molecule has 17 heavy (non-hydrogen) atoms. The first-order valence-electron chi connectivity index (χ1n) is 6.26. The van der Waals surface area contributed by atoms with E-state index in [9.17, 15) is 4.79 Å². The Kier molecular flexibility index (Phi) is 4.60. The van der Waals surface area contributed by atoms with Gasteiger partial charge in [0.15, 0.2) is 0 Å². The van der Waals surface area contributed by atoms with Crippen LogP contribution in [0.15, 0.2) is 28.7 Å². The van der Waals surface area contributed by atoms with Gasteiger partial charge in [-0.05, 0) is 30.4 Å². The van der Waals surface area contributed by atoms with Crippen molar-refractivity contribution in [2.45, 2.75) is 38.6 Å². The molecule has 1 amide bonds. The Morgan fingerprint density at radius 3 is 2.71 bits per heavy atom. The molecule has 3 heteroatoms. The van der Waals surface area contributed by atoms with Crippen molar-refractivity contribution >= 4 is 21.8 Å². The molecule has 0 heterocycles. The molecule has 2 rings (SSSR count). The van der Waals surface area contributed by atoms with Crippen molar-refractivity contribution in [3.05, 3.63) is 34.3 Å². The molecule has 1 N–H and O–H groups in total. The minimum Gasteiger partial charge on any atom is -0.352 e. The Balaban J connectivity index is 1.77. The lowest BCUT2D eigenvalue weighted by molar-refractivity contribution is -0.122. The van der Waals surface area contributed by atoms with Crippen molar-refractivity contribution in [1.29, 1.82) is 0 Å². The molecule has 1 aromatic carbocycles. The van der Waals surface area contributed by atoms with Gasteiger partial charge in [0, 0.05) is 17.4 Å². The molecule has 0 bridgehead atoms. The van der Waals surface area contributed by atoms with Crippen LogP contribution in [0.4, 0.5) is 0 Å². The number of halogens is 1. The van der Waals surface area contributed by atoms with Crippen LogP contribution < -0.4 is 5.32 Å². The monoisotopic (exact) mass is 295 g/mol. The van der Waals surface area contributed by atoms with Crippen LogP contribution in [0.3, 0.4) is 0 Å². The SMILES string of the molecule is O=C(CC1CCCC1)NCc1ccccc1Br. The Labute approximate surface area is 111 Å². The highest BCUT2D eigenvalue weighted by Crippen LogP contribution is 2.27. The van der Waals surface area contributed by atoms with Crippen molar-refractivity contribution in [2.75, 3.05) is 0 Å². The lowest BCUT2D eigenvalue weighted by Crippen LogP contribution is -2.24. The third-order valence-electron chi connectivity index (χ3n) is 3.38. The normalized spacial score (nSPS) is 16.1. The van der Waals surface area contributed by atoms with E-state index in [1.54, 1.807) is 0 Å². The summed E-state index contributed by atoms with van der Waals surface area (Å²) in [5.74, 6) is 0.807. The second-order valence-corrected chi connectivity index (χ2v) is 5.58. The molecule has 92 valence electrons. The Bertz CT molecular complexity index is 386. The molecule has 0 saturated heterocycles. The summed E-state index contributed by atoms with van der Waals surface area (Å²) in [5.41, 5.74) is 1.13. The average Bonchev–Trinajstić information content (AvgIpc) is 2.81. The van der Waals surface area contributed by atoms with Gasteiger partial charge < -0.3 is 5.32 Å². The number of carbonyl (C=O) groups is 1. The first kappa shape index (κ1) is 12.6. The summed E-state index contributed by atoms with van der Waals surface area (Å²) in [6, 6.07) is 8.00. The van der Waals surface area contributed by atoms with Gasteiger partial charge >= 0.3 is 0 Å². The summed E-state index contributed by atoms with van der Waals surface area (Å²) in [5, 5.41) is 3.00. The van der Waals surface area contributed by atoms with Crippen molar-refractivity contribution in [2.24, 2.45) is 5.92 Å². The molecule has 1 saturated carbocycles. The third kappa shape index (κ3) is 3.84. The van der Waals surface area contributed by atoms with Crippen LogP contribution in [0.25, 0.3) is 0 Å². The molecule has 1 aromatic rings. The fourth-order valence-electron chi connectivity index (χ4n) is 2.38. The first-order chi connectivity index (χ1) is 8.25. The predicted octanol–water partition coefficient (Wildman–Crippen LogP) is 3.65. The summed E-state index contributed by atoms with van der Waals surface area (Å²) < 4.78 is 1.06. The molecule has 0 aromatic heterocycles. The van der Waals surface area contributed by atoms with Gasteiger partial charge in [-0.2, -0.15) is 0 Å². The zero-order chi connectivity index (χ0) is 12.1. The maximum atomic E-state index is 11.8. The maximum Gasteiger partial charge on any atom is 0.220 e. The molecule has 1 fully saturated rings. The third-order valence-corrected chi connectivity index (χ3v) is 4.16. The van der Waals surface area contributed by atoms with Crippen LogP contribution in [0, 0.1) is 5.92 Å². The minimum absolute atomic E-state index is 0.188. The standard InChI is InChI=1S/C14H18BrNO/c15-13-8-4-3-7-12(13)10-16-14(17)9-11-5-1-2-6-11/h3-4,7-8,11H,1-2,5-6,9-10H2,(H,16,17). The van der Waals surface area contributed by atoms with Crippen LogP contribution in [-0.2, 0) is 11.3 Å². The molecule has 0 atom stereocenters. The van der Waals surface area contributed by atoms with Gasteiger partial charge in [-0.1, -0.05) is 47.0 Å². The smallest absolute Gasteiger partial charge is 0.220 e. The second-order valence-electron chi connectivity index (χ2n) is 4.72. The van der Waals surface area contributed by atoms with Gasteiger partial charge in [0.25, 0.3) is 0 Å². The van der Waals surface area contributed by atoms with E-state index in [0.29, 0.717) is 18.9 Å². The number of nitrogens with one attached hydrogen (secondary N) is 1. The van der Waals surface area contributed by atoms with E-state index in [1.165, 1.54) is 25.7 Å². The zero-order valence-corrected chi connectivity index (χ0v) is 11.5. The highest BCUT2D eigenvalue weighted by Gasteiger charge is 2.18. The van der Waals surface area contributed by atoms with Gasteiger partial charge in [0.2, 0.25) is 5.91 Å². The molecule has 0 aliphatic heterocycles. The summed E-state index contributed by atoms with van der Waals surface area (Å²) in [4.78, 5) is 11.8. The predicted molar refractivity (Wildman–Crippen MR) is 72.6 cm³/mol. The number of hydrogen-bond donors (Lipinski definition) is 1. The lowest BCUT2D eigenvalue weighted by Gasteiger charge is -2.10. The fourth-order valence-corrected chi connectivity index (χ4v) is 2.81. The quantitative estimate of drug-likeness (QED) is 0.903. The highest BCUT2D eigenvalue weighted by atomic mass is 79.9. The molecule has 2 nitrogen and oxygen atoms in total. The number of benzene rings is 1. The Morgan fingerprint density at radius 2 is 2.00 bits per heavy atom. The maximum absolute atomic E-state index is 11.8. The molecular formula is C14H18BrNO. The number of hydrogen-bond acceptors (Lipinski definition) is 1.